The summed E-state index contributed by atoms with van der Waals surface area (Å²) >= 11 is 0. The van der Waals surface area contributed by atoms with E-state index in [-0.39, 0.29) is 0 Å². The van der Waals surface area contributed by atoms with Crippen molar-refractivity contribution in [1.29, 1.82) is 0 Å². The van der Waals surface area contributed by atoms with E-state index < -0.39 is 0 Å². The van der Waals surface area contributed by atoms with Gasteiger partial charge in [0.25, 0.3) is 0 Å². The summed E-state index contributed by atoms with van der Waals surface area (Å²) in [5.41, 5.74) is 0. The lowest BCUT2D eigenvalue weighted by atomic mass is 10.1. The Labute approximate surface area is 119 Å². The van der Waals surface area contributed by atoms with Crippen LogP contribution in [0.5, 0.6) is 0 Å². The maximum absolute atomic E-state index is 5.39. The van der Waals surface area contributed by atoms with E-state index in [0.29, 0.717) is 18.0 Å². The molecule has 4 nitrogen and oxygen atoms in total. The highest BCUT2D eigenvalue weighted by Gasteiger charge is 2.22. The number of hydrogen-bond acceptors (Lipinski definition) is 4. The van der Waals surface area contributed by atoms with Gasteiger partial charge in [0.1, 0.15) is 0 Å². The maximum Gasteiger partial charge on any atom is 0.0630 e. The van der Waals surface area contributed by atoms with Crippen LogP contribution >= 0.6 is 0 Å². The van der Waals surface area contributed by atoms with Crippen molar-refractivity contribution >= 4 is 0 Å². The SMILES string of the molecule is CCC(C)N(CCOC)C(CNCC(C)C)COC. The molecule has 1 N–H and O–H groups in total. The molecular formula is C15H34N2O2. The quantitative estimate of drug-likeness (QED) is 0.590. The third-order valence-electron chi connectivity index (χ3n) is 3.47. The number of nitrogens with one attached hydrogen (secondary N) is 1. The van der Waals surface area contributed by atoms with E-state index in [1.807, 2.05) is 0 Å². The second-order valence-electron chi connectivity index (χ2n) is 5.65. The molecule has 0 aliphatic heterocycles. The first-order valence-corrected chi connectivity index (χ1v) is 7.51. The molecule has 0 aromatic carbocycles. The molecule has 2 atom stereocenters. The molecule has 0 saturated heterocycles. The molecule has 0 bridgehead atoms. The van der Waals surface area contributed by atoms with Gasteiger partial charge in [0.2, 0.25) is 0 Å². The van der Waals surface area contributed by atoms with Crippen LogP contribution in [0.1, 0.15) is 34.1 Å². The van der Waals surface area contributed by atoms with Crippen LogP contribution in [0.15, 0.2) is 0 Å². The molecule has 0 aliphatic carbocycles. The van der Waals surface area contributed by atoms with E-state index in [1.54, 1.807) is 14.2 Å². The van der Waals surface area contributed by atoms with Crippen LogP contribution in [0.2, 0.25) is 0 Å². The number of methoxy groups -OCH3 is 2. The highest BCUT2D eigenvalue weighted by molar-refractivity contribution is 4.78. The van der Waals surface area contributed by atoms with Gasteiger partial charge in [-0.15, -0.1) is 0 Å². The zero-order valence-electron chi connectivity index (χ0n) is 13.7. The van der Waals surface area contributed by atoms with E-state index in [4.69, 9.17) is 9.47 Å². The van der Waals surface area contributed by atoms with E-state index in [1.165, 1.54) is 0 Å². The monoisotopic (exact) mass is 274 g/mol. The smallest absolute Gasteiger partial charge is 0.0630 e. The molecule has 0 aliphatic rings. The second-order valence-corrected chi connectivity index (χ2v) is 5.65. The summed E-state index contributed by atoms with van der Waals surface area (Å²) in [7, 11) is 3.54. The van der Waals surface area contributed by atoms with E-state index >= 15 is 0 Å². The second kappa shape index (κ2) is 11.6. The first kappa shape index (κ1) is 18.8. The highest BCUT2D eigenvalue weighted by atomic mass is 16.5. The van der Waals surface area contributed by atoms with Gasteiger partial charge < -0.3 is 14.8 Å². The molecule has 0 fully saturated rings. The zero-order chi connectivity index (χ0) is 14.7. The molecule has 0 rings (SSSR count). The van der Waals surface area contributed by atoms with Crippen molar-refractivity contribution in [1.82, 2.24) is 10.2 Å². The van der Waals surface area contributed by atoms with E-state index in [0.717, 1.165) is 39.3 Å². The molecule has 0 saturated carbocycles. The number of nitrogens with zero attached hydrogens (tertiary/aromatic N) is 1. The van der Waals surface area contributed by atoms with Gasteiger partial charge in [0.15, 0.2) is 0 Å². The predicted molar refractivity (Wildman–Crippen MR) is 81.7 cm³/mol. The molecule has 0 aromatic rings. The van der Waals surface area contributed by atoms with Crippen molar-refractivity contribution < 1.29 is 9.47 Å². The minimum atomic E-state index is 0.411. The molecule has 4 heteroatoms. The Hall–Kier alpha value is -0.160. The number of rotatable bonds is 12. The van der Waals surface area contributed by atoms with E-state index in [2.05, 4.69) is 37.9 Å². The Morgan fingerprint density at radius 1 is 1.05 bits per heavy atom. The molecule has 0 amide bonds. The van der Waals surface area contributed by atoms with Crippen LogP contribution in [0.25, 0.3) is 0 Å². The van der Waals surface area contributed by atoms with Gasteiger partial charge in [-0.05, 0) is 25.8 Å². The summed E-state index contributed by atoms with van der Waals surface area (Å²) in [4.78, 5) is 2.50. The molecule has 0 radical (unpaired) electrons. The van der Waals surface area contributed by atoms with Crippen molar-refractivity contribution in [3.05, 3.63) is 0 Å². The first-order chi connectivity index (χ1) is 9.06. The fourth-order valence-electron chi connectivity index (χ4n) is 2.20. The molecule has 0 spiro atoms. The third kappa shape index (κ3) is 8.58. The maximum atomic E-state index is 5.39. The summed E-state index contributed by atoms with van der Waals surface area (Å²) in [5, 5.41) is 3.54. The van der Waals surface area contributed by atoms with Gasteiger partial charge >= 0.3 is 0 Å². The molecule has 116 valence electrons. The van der Waals surface area contributed by atoms with Crippen LogP contribution in [-0.4, -0.2) is 64.1 Å². The largest absolute Gasteiger partial charge is 0.383 e. The fraction of sp³-hybridized carbons (Fsp3) is 1.00. The molecule has 19 heavy (non-hydrogen) atoms. The predicted octanol–water partition coefficient (Wildman–Crippen LogP) is 1.99. The lowest BCUT2D eigenvalue weighted by Gasteiger charge is -2.36. The lowest BCUT2D eigenvalue weighted by molar-refractivity contribution is 0.0426. The highest BCUT2D eigenvalue weighted by Crippen LogP contribution is 2.09. The summed E-state index contributed by atoms with van der Waals surface area (Å²) in [5.74, 6) is 0.680. The molecular weight excluding hydrogens is 240 g/mol. The topological polar surface area (TPSA) is 33.7 Å². The Morgan fingerprint density at radius 3 is 2.21 bits per heavy atom. The van der Waals surface area contributed by atoms with Gasteiger partial charge in [0, 0.05) is 39.4 Å². The van der Waals surface area contributed by atoms with Gasteiger partial charge in [-0.2, -0.15) is 0 Å². The van der Waals surface area contributed by atoms with Gasteiger partial charge in [-0.3, -0.25) is 4.90 Å². The van der Waals surface area contributed by atoms with Crippen molar-refractivity contribution in [2.45, 2.75) is 46.2 Å². The van der Waals surface area contributed by atoms with Crippen molar-refractivity contribution in [2.24, 2.45) is 5.92 Å². The average Bonchev–Trinajstić information content (AvgIpc) is 2.38. The Kier molecular flexibility index (Phi) is 11.6. The minimum Gasteiger partial charge on any atom is -0.383 e. The van der Waals surface area contributed by atoms with E-state index in [9.17, 15) is 0 Å². The molecule has 0 aromatic heterocycles. The van der Waals surface area contributed by atoms with Crippen molar-refractivity contribution in [3.8, 4) is 0 Å². The lowest BCUT2D eigenvalue weighted by Crippen LogP contribution is -2.50. The summed E-state index contributed by atoms with van der Waals surface area (Å²) in [6, 6.07) is 0.963. The zero-order valence-corrected chi connectivity index (χ0v) is 13.7. The molecule has 0 heterocycles. The normalized spacial score (nSPS) is 15.2. The third-order valence-corrected chi connectivity index (χ3v) is 3.47. The Bertz CT molecular complexity index is 201. The number of hydrogen-bond donors (Lipinski definition) is 1. The summed E-state index contributed by atoms with van der Waals surface area (Å²) in [6.45, 7) is 13.5. The summed E-state index contributed by atoms with van der Waals surface area (Å²) in [6.07, 6.45) is 1.15. The standard InChI is InChI=1S/C15H34N2O2/c1-7-14(4)17(8-9-18-5)15(12-19-6)11-16-10-13(2)3/h13-16H,7-12H2,1-6H3. The molecule has 2 unspecified atom stereocenters. The van der Waals surface area contributed by atoms with Crippen molar-refractivity contribution in [3.63, 3.8) is 0 Å². The Balaban J connectivity index is 4.45. The van der Waals surface area contributed by atoms with Gasteiger partial charge in [-0.25, -0.2) is 0 Å². The van der Waals surface area contributed by atoms with Crippen LogP contribution in [-0.2, 0) is 9.47 Å². The minimum absolute atomic E-state index is 0.411. The van der Waals surface area contributed by atoms with Crippen LogP contribution in [0.3, 0.4) is 0 Å². The average molecular weight is 274 g/mol. The van der Waals surface area contributed by atoms with Crippen LogP contribution in [0.4, 0.5) is 0 Å². The Morgan fingerprint density at radius 2 is 1.74 bits per heavy atom. The van der Waals surface area contributed by atoms with Gasteiger partial charge in [-0.1, -0.05) is 20.8 Å². The fourth-order valence-corrected chi connectivity index (χ4v) is 2.20. The van der Waals surface area contributed by atoms with Crippen LogP contribution in [0, 0.1) is 5.92 Å². The van der Waals surface area contributed by atoms with Crippen molar-refractivity contribution in [2.75, 3.05) is 47.1 Å². The van der Waals surface area contributed by atoms with Gasteiger partial charge in [0.05, 0.1) is 13.2 Å². The first-order valence-electron chi connectivity index (χ1n) is 7.51. The number of ether oxygens (including phenoxy) is 2. The van der Waals surface area contributed by atoms with Crippen LogP contribution < -0.4 is 5.32 Å². The summed E-state index contributed by atoms with van der Waals surface area (Å²) < 4.78 is 10.6.